The molecule has 0 aromatic heterocycles. The van der Waals surface area contributed by atoms with Crippen LogP contribution >= 0.6 is 0 Å². The van der Waals surface area contributed by atoms with E-state index in [4.69, 9.17) is 4.74 Å². The maximum absolute atomic E-state index is 14.6. The normalized spacial score (nSPS) is 14.0. The lowest BCUT2D eigenvalue weighted by atomic mass is 10.1. The molecule has 0 spiro atoms. The Bertz CT molecular complexity index is 1300. The Morgan fingerprint density at radius 3 is 2.24 bits per heavy atom. The first-order chi connectivity index (χ1) is 16.2. The number of ether oxygens (including phenoxy) is 1. The fourth-order valence-corrected chi connectivity index (χ4v) is 4.78. The van der Waals surface area contributed by atoms with Crippen LogP contribution in [-0.2, 0) is 14.8 Å². The quantitative estimate of drug-likeness (QED) is 0.545. The molecule has 1 amide bonds. The fraction of sp³-hybridized carbons (Fsp3) is 0.240. The number of benzene rings is 3. The molecular weight excluding hydrogens is 457 g/mol. The average molecular weight is 484 g/mol. The molecule has 0 atom stereocenters. The van der Waals surface area contributed by atoms with Crippen LogP contribution in [0.1, 0.15) is 21.5 Å². The lowest BCUT2D eigenvalue weighted by Crippen LogP contribution is -2.36. The Morgan fingerprint density at radius 2 is 1.59 bits per heavy atom. The number of rotatable bonds is 6. The predicted octanol–water partition coefficient (Wildman–Crippen LogP) is 4.33. The van der Waals surface area contributed by atoms with Gasteiger partial charge in [-0.2, -0.15) is 0 Å². The van der Waals surface area contributed by atoms with Gasteiger partial charge in [0.15, 0.2) is 0 Å². The molecule has 4 rings (SSSR count). The molecule has 1 aliphatic rings. The molecule has 7 nitrogen and oxygen atoms in total. The summed E-state index contributed by atoms with van der Waals surface area (Å²) in [6, 6.07) is 15.5. The summed E-state index contributed by atoms with van der Waals surface area (Å²) in [5.41, 5.74) is 3.33. The van der Waals surface area contributed by atoms with Crippen LogP contribution in [0.15, 0.2) is 65.6 Å². The molecule has 1 heterocycles. The number of anilines is 3. The molecule has 34 heavy (non-hydrogen) atoms. The van der Waals surface area contributed by atoms with Gasteiger partial charge in [-0.05, 0) is 79.6 Å². The second kappa shape index (κ2) is 9.82. The molecule has 0 unspecified atom stereocenters. The molecular formula is C25H26FN3O4S. The molecule has 1 saturated heterocycles. The van der Waals surface area contributed by atoms with E-state index in [1.807, 2.05) is 18.7 Å². The highest BCUT2D eigenvalue weighted by atomic mass is 32.2. The number of carbonyl (C=O) groups excluding carboxylic acids is 1. The summed E-state index contributed by atoms with van der Waals surface area (Å²) in [5, 5.41) is 2.67. The van der Waals surface area contributed by atoms with Crippen molar-refractivity contribution in [3.05, 3.63) is 83.2 Å². The molecule has 0 bridgehead atoms. The summed E-state index contributed by atoms with van der Waals surface area (Å²) in [5.74, 6) is -0.849. The van der Waals surface area contributed by atoms with Gasteiger partial charge in [0, 0.05) is 30.0 Å². The smallest absolute Gasteiger partial charge is 0.261 e. The topological polar surface area (TPSA) is 87.7 Å². The van der Waals surface area contributed by atoms with Gasteiger partial charge in [0.05, 0.1) is 23.8 Å². The Morgan fingerprint density at radius 1 is 0.912 bits per heavy atom. The highest BCUT2D eigenvalue weighted by molar-refractivity contribution is 7.92. The highest BCUT2D eigenvalue weighted by Gasteiger charge is 2.17. The molecule has 0 saturated carbocycles. The van der Waals surface area contributed by atoms with Gasteiger partial charge < -0.3 is 15.0 Å². The standard InChI is InChI=1S/C25H26FN3O4S/c1-17-3-9-22(15-18(17)2)34(31,32)28-20-6-4-19(5-7-20)25(30)27-21-8-10-24(23(26)16-21)29-11-13-33-14-12-29/h3-10,15-16,28H,11-14H2,1-2H3,(H,27,30). The maximum Gasteiger partial charge on any atom is 0.261 e. The van der Waals surface area contributed by atoms with Gasteiger partial charge in [-0.25, -0.2) is 12.8 Å². The van der Waals surface area contributed by atoms with Crippen molar-refractivity contribution in [2.45, 2.75) is 18.7 Å². The second-order valence-electron chi connectivity index (χ2n) is 8.15. The Balaban J connectivity index is 1.42. The van der Waals surface area contributed by atoms with Crippen molar-refractivity contribution < 1.29 is 22.3 Å². The number of nitrogens with zero attached hydrogens (tertiary/aromatic N) is 1. The molecule has 178 valence electrons. The van der Waals surface area contributed by atoms with E-state index in [1.54, 1.807) is 30.3 Å². The third-order valence-electron chi connectivity index (χ3n) is 5.75. The minimum absolute atomic E-state index is 0.167. The van der Waals surface area contributed by atoms with E-state index in [2.05, 4.69) is 10.0 Å². The first-order valence-electron chi connectivity index (χ1n) is 10.9. The Labute approximate surface area is 198 Å². The van der Waals surface area contributed by atoms with E-state index < -0.39 is 21.7 Å². The van der Waals surface area contributed by atoms with Crippen LogP contribution in [0.5, 0.6) is 0 Å². The van der Waals surface area contributed by atoms with Crippen LogP contribution < -0.4 is 14.9 Å². The zero-order chi connectivity index (χ0) is 24.3. The zero-order valence-electron chi connectivity index (χ0n) is 19.0. The summed E-state index contributed by atoms with van der Waals surface area (Å²) >= 11 is 0. The van der Waals surface area contributed by atoms with Crippen LogP contribution in [0.25, 0.3) is 0 Å². The van der Waals surface area contributed by atoms with Crippen LogP contribution in [-0.4, -0.2) is 40.6 Å². The van der Waals surface area contributed by atoms with Gasteiger partial charge in [-0.3, -0.25) is 9.52 Å². The van der Waals surface area contributed by atoms with E-state index in [-0.39, 0.29) is 4.90 Å². The second-order valence-corrected chi connectivity index (χ2v) is 9.83. The van der Waals surface area contributed by atoms with Crippen LogP contribution in [0.2, 0.25) is 0 Å². The maximum atomic E-state index is 14.6. The van der Waals surface area contributed by atoms with E-state index >= 15 is 0 Å². The summed E-state index contributed by atoms with van der Waals surface area (Å²) in [4.78, 5) is 14.7. The Kier molecular flexibility index (Phi) is 6.85. The number of hydrogen-bond donors (Lipinski definition) is 2. The molecule has 0 radical (unpaired) electrons. The van der Waals surface area contributed by atoms with Gasteiger partial charge >= 0.3 is 0 Å². The van der Waals surface area contributed by atoms with Crippen molar-refractivity contribution in [3.63, 3.8) is 0 Å². The SMILES string of the molecule is Cc1ccc(S(=O)(=O)Nc2ccc(C(=O)Nc3ccc(N4CCOCC4)c(F)c3)cc2)cc1C. The first-order valence-corrected chi connectivity index (χ1v) is 12.3. The van der Waals surface area contributed by atoms with Gasteiger partial charge in [0.25, 0.3) is 15.9 Å². The number of amides is 1. The van der Waals surface area contributed by atoms with Crippen molar-refractivity contribution in [3.8, 4) is 0 Å². The molecule has 1 fully saturated rings. The summed E-state index contributed by atoms with van der Waals surface area (Å²) in [7, 11) is -3.76. The summed E-state index contributed by atoms with van der Waals surface area (Å²) < 4.78 is 47.7. The monoisotopic (exact) mass is 483 g/mol. The molecule has 3 aromatic rings. The third-order valence-corrected chi connectivity index (χ3v) is 7.12. The van der Waals surface area contributed by atoms with E-state index in [9.17, 15) is 17.6 Å². The van der Waals surface area contributed by atoms with Crippen LogP contribution in [0.4, 0.5) is 21.5 Å². The van der Waals surface area contributed by atoms with Crippen LogP contribution in [0, 0.1) is 19.7 Å². The van der Waals surface area contributed by atoms with Crippen molar-refractivity contribution in [2.24, 2.45) is 0 Å². The van der Waals surface area contributed by atoms with Gasteiger partial charge in [-0.1, -0.05) is 6.07 Å². The first kappa shape index (κ1) is 23.7. The van der Waals surface area contributed by atoms with Crippen LogP contribution in [0.3, 0.4) is 0 Å². The molecule has 9 heteroatoms. The molecule has 2 N–H and O–H groups in total. The molecule has 3 aromatic carbocycles. The zero-order valence-corrected chi connectivity index (χ0v) is 19.8. The minimum Gasteiger partial charge on any atom is -0.378 e. The lowest BCUT2D eigenvalue weighted by molar-refractivity contribution is 0.102. The lowest BCUT2D eigenvalue weighted by Gasteiger charge is -2.29. The highest BCUT2D eigenvalue weighted by Crippen LogP contribution is 2.24. The summed E-state index contributed by atoms with van der Waals surface area (Å²) in [6.45, 7) is 6.09. The van der Waals surface area contributed by atoms with E-state index in [0.29, 0.717) is 48.9 Å². The average Bonchev–Trinajstić information content (AvgIpc) is 2.81. The predicted molar refractivity (Wildman–Crippen MR) is 131 cm³/mol. The van der Waals surface area contributed by atoms with Crippen molar-refractivity contribution in [2.75, 3.05) is 41.2 Å². The number of nitrogens with one attached hydrogen (secondary N) is 2. The van der Waals surface area contributed by atoms with Gasteiger partial charge in [0.1, 0.15) is 5.82 Å². The van der Waals surface area contributed by atoms with Crippen molar-refractivity contribution in [1.82, 2.24) is 0 Å². The van der Waals surface area contributed by atoms with Gasteiger partial charge in [-0.15, -0.1) is 0 Å². The fourth-order valence-electron chi connectivity index (χ4n) is 3.63. The number of halogens is 1. The van der Waals surface area contributed by atoms with Crippen molar-refractivity contribution in [1.29, 1.82) is 0 Å². The number of aryl methyl sites for hydroxylation is 2. The summed E-state index contributed by atoms with van der Waals surface area (Å²) in [6.07, 6.45) is 0. The number of morpholine rings is 1. The van der Waals surface area contributed by atoms with E-state index in [0.717, 1.165) is 11.1 Å². The number of sulfonamides is 1. The minimum atomic E-state index is -3.76. The Hall–Kier alpha value is -3.43. The molecule has 0 aliphatic carbocycles. The third kappa shape index (κ3) is 5.37. The largest absolute Gasteiger partial charge is 0.378 e. The number of carbonyl (C=O) groups is 1. The number of hydrogen-bond acceptors (Lipinski definition) is 5. The van der Waals surface area contributed by atoms with Gasteiger partial charge in [0.2, 0.25) is 0 Å². The molecule has 1 aliphatic heterocycles. The van der Waals surface area contributed by atoms with E-state index in [1.165, 1.54) is 30.3 Å². The van der Waals surface area contributed by atoms with Crippen molar-refractivity contribution >= 4 is 33.0 Å².